The molecule has 0 unspecified atom stereocenters. The van der Waals surface area contributed by atoms with Crippen molar-refractivity contribution >= 4 is 0 Å². The molecule has 4 nitrogen and oxygen atoms in total. The van der Waals surface area contributed by atoms with Gasteiger partial charge in [-0.15, -0.1) is 0 Å². The molecule has 0 aliphatic heterocycles. The van der Waals surface area contributed by atoms with Crippen molar-refractivity contribution in [1.29, 1.82) is 0 Å². The lowest BCUT2D eigenvalue weighted by molar-refractivity contribution is 0.303. The van der Waals surface area contributed by atoms with Gasteiger partial charge in [-0.2, -0.15) is 0 Å². The molecular formula is C14H16FN3O. The molecule has 0 aliphatic rings. The van der Waals surface area contributed by atoms with Gasteiger partial charge in [0.15, 0.2) is 0 Å². The van der Waals surface area contributed by atoms with Gasteiger partial charge in [-0.1, -0.05) is 6.07 Å². The molecule has 0 saturated carbocycles. The normalized spacial score (nSPS) is 10.4. The lowest BCUT2D eigenvalue weighted by atomic mass is 10.2. The summed E-state index contributed by atoms with van der Waals surface area (Å²) in [7, 11) is 1.79. The predicted molar refractivity (Wildman–Crippen MR) is 70.4 cm³/mol. The zero-order valence-electron chi connectivity index (χ0n) is 10.8. The zero-order valence-corrected chi connectivity index (χ0v) is 10.8. The number of nitrogens with one attached hydrogen (secondary N) is 1. The molecule has 0 atom stereocenters. The summed E-state index contributed by atoms with van der Waals surface area (Å²) in [4.78, 5) is 8.18. The van der Waals surface area contributed by atoms with Crippen LogP contribution in [0.3, 0.4) is 0 Å². The third-order valence-electron chi connectivity index (χ3n) is 2.58. The number of pyridine rings is 2. The SMILES string of the molecule is CNCc1cc(F)cnc1OCCc1ccccn1. The molecule has 19 heavy (non-hydrogen) atoms. The lowest BCUT2D eigenvalue weighted by Gasteiger charge is -2.10. The molecule has 5 heteroatoms. The van der Waals surface area contributed by atoms with Gasteiger partial charge in [0, 0.05) is 30.4 Å². The molecule has 2 rings (SSSR count). The summed E-state index contributed by atoms with van der Waals surface area (Å²) in [6, 6.07) is 7.18. The zero-order chi connectivity index (χ0) is 13.5. The second-order valence-corrected chi connectivity index (χ2v) is 4.07. The standard InChI is InChI=1S/C14H16FN3O/c1-16-9-11-8-12(15)10-18-14(11)19-7-5-13-4-2-3-6-17-13/h2-4,6,8,10,16H,5,7,9H2,1H3. The van der Waals surface area contributed by atoms with Crippen molar-refractivity contribution in [1.82, 2.24) is 15.3 Å². The Labute approximate surface area is 111 Å². The van der Waals surface area contributed by atoms with Crippen LogP contribution in [0, 0.1) is 5.82 Å². The van der Waals surface area contributed by atoms with Crippen molar-refractivity contribution in [2.45, 2.75) is 13.0 Å². The summed E-state index contributed by atoms with van der Waals surface area (Å²) in [6.07, 6.45) is 3.60. The average Bonchev–Trinajstić information content (AvgIpc) is 2.43. The van der Waals surface area contributed by atoms with E-state index in [4.69, 9.17) is 4.74 Å². The third kappa shape index (κ3) is 3.99. The molecule has 100 valence electrons. The van der Waals surface area contributed by atoms with Crippen molar-refractivity contribution < 1.29 is 9.13 Å². The van der Waals surface area contributed by atoms with E-state index in [1.165, 1.54) is 6.07 Å². The quantitative estimate of drug-likeness (QED) is 0.863. The Hall–Kier alpha value is -2.01. The maximum absolute atomic E-state index is 13.1. The van der Waals surface area contributed by atoms with E-state index < -0.39 is 0 Å². The first-order chi connectivity index (χ1) is 9.29. The van der Waals surface area contributed by atoms with E-state index in [1.54, 1.807) is 13.2 Å². The minimum atomic E-state index is -0.359. The highest BCUT2D eigenvalue weighted by molar-refractivity contribution is 5.26. The number of nitrogens with zero attached hydrogens (tertiary/aromatic N) is 2. The minimum absolute atomic E-state index is 0.359. The largest absolute Gasteiger partial charge is 0.477 e. The fourth-order valence-electron chi connectivity index (χ4n) is 1.71. The first kappa shape index (κ1) is 13.4. The highest BCUT2D eigenvalue weighted by atomic mass is 19.1. The second-order valence-electron chi connectivity index (χ2n) is 4.07. The minimum Gasteiger partial charge on any atom is -0.477 e. The van der Waals surface area contributed by atoms with Gasteiger partial charge in [-0.3, -0.25) is 4.98 Å². The van der Waals surface area contributed by atoms with Crippen molar-refractivity contribution in [3.05, 3.63) is 53.7 Å². The van der Waals surface area contributed by atoms with Crippen LogP contribution in [-0.2, 0) is 13.0 Å². The smallest absolute Gasteiger partial charge is 0.218 e. The first-order valence-electron chi connectivity index (χ1n) is 6.11. The van der Waals surface area contributed by atoms with Crippen molar-refractivity contribution in [2.24, 2.45) is 0 Å². The van der Waals surface area contributed by atoms with E-state index >= 15 is 0 Å². The lowest BCUT2D eigenvalue weighted by Crippen LogP contribution is -2.11. The van der Waals surface area contributed by atoms with Crippen LogP contribution in [0.4, 0.5) is 4.39 Å². The molecule has 0 saturated heterocycles. The predicted octanol–water partition coefficient (Wildman–Crippen LogP) is 1.96. The molecule has 2 aromatic heterocycles. The Bertz CT molecular complexity index is 519. The third-order valence-corrected chi connectivity index (χ3v) is 2.58. The molecule has 0 spiro atoms. The highest BCUT2D eigenvalue weighted by Gasteiger charge is 2.06. The molecule has 0 aromatic carbocycles. The summed E-state index contributed by atoms with van der Waals surface area (Å²) >= 11 is 0. The topological polar surface area (TPSA) is 47.0 Å². The van der Waals surface area contributed by atoms with Crippen molar-refractivity contribution in [3.63, 3.8) is 0 Å². The fourth-order valence-corrected chi connectivity index (χ4v) is 1.71. The van der Waals surface area contributed by atoms with E-state index in [0.29, 0.717) is 31.0 Å². The fraction of sp³-hybridized carbons (Fsp3) is 0.286. The molecule has 0 amide bonds. The van der Waals surface area contributed by atoms with Crippen molar-refractivity contribution in [2.75, 3.05) is 13.7 Å². The van der Waals surface area contributed by atoms with Gasteiger partial charge in [0.2, 0.25) is 5.88 Å². The van der Waals surface area contributed by atoms with Gasteiger partial charge in [-0.25, -0.2) is 9.37 Å². The van der Waals surface area contributed by atoms with E-state index in [2.05, 4.69) is 15.3 Å². The Morgan fingerprint density at radius 1 is 1.32 bits per heavy atom. The van der Waals surface area contributed by atoms with Crippen LogP contribution >= 0.6 is 0 Å². The summed E-state index contributed by atoms with van der Waals surface area (Å²) in [5.41, 5.74) is 1.67. The van der Waals surface area contributed by atoms with Crippen molar-refractivity contribution in [3.8, 4) is 5.88 Å². The van der Waals surface area contributed by atoms with Gasteiger partial charge in [0.1, 0.15) is 5.82 Å². The summed E-state index contributed by atoms with van der Waals surface area (Å²) in [5, 5.41) is 2.96. The maximum atomic E-state index is 13.1. The maximum Gasteiger partial charge on any atom is 0.218 e. The Morgan fingerprint density at radius 2 is 2.21 bits per heavy atom. The molecule has 0 bridgehead atoms. The summed E-state index contributed by atoms with van der Waals surface area (Å²) in [5.74, 6) is 0.106. The molecule has 1 N–H and O–H groups in total. The second kappa shape index (κ2) is 6.80. The number of aromatic nitrogens is 2. The first-order valence-corrected chi connectivity index (χ1v) is 6.11. The number of ether oxygens (including phenoxy) is 1. The molecular weight excluding hydrogens is 245 g/mol. The monoisotopic (exact) mass is 261 g/mol. The summed E-state index contributed by atoms with van der Waals surface area (Å²) < 4.78 is 18.7. The molecule has 2 heterocycles. The number of hydrogen-bond acceptors (Lipinski definition) is 4. The van der Waals surface area contributed by atoms with Crippen LogP contribution < -0.4 is 10.1 Å². The van der Waals surface area contributed by atoms with Gasteiger partial charge in [-0.05, 0) is 25.2 Å². The van der Waals surface area contributed by atoms with Crippen LogP contribution in [0.1, 0.15) is 11.3 Å². The van der Waals surface area contributed by atoms with E-state index in [0.717, 1.165) is 11.9 Å². The molecule has 0 fully saturated rings. The van der Waals surface area contributed by atoms with E-state index in [1.807, 2.05) is 18.2 Å². The molecule has 0 radical (unpaired) electrons. The summed E-state index contributed by atoms with van der Waals surface area (Å²) in [6.45, 7) is 0.982. The Kier molecular flexibility index (Phi) is 4.80. The van der Waals surface area contributed by atoms with Crippen LogP contribution in [0.15, 0.2) is 36.7 Å². The molecule has 2 aromatic rings. The van der Waals surface area contributed by atoms with E-state index in [9.17, 15) is 4.39 Å². The number of hydrogen-bond donors (Lipinski definition) is 1. The number of halogens is 1. The van der Waals surface area contributed by atoms with Gasteiger partial charge in [0.05, 0.1) is 12.8 Å². The Balaban J connectivity index is 1.95. The number of rotatable bonds is 6. The van der Waals surface area contributed by atoms with Crippen LogP contribution in [0.5, 0.6) is 5.88 Å². The van der Waals surface area contributed by atoms with Gasteiger partial charge < -0.3 is 10.1 Å². The van der Waals surface area contributed by atoms with Crippen LogP contribution in [0.2, 0.25) is 0 Å². The van der Waals surface area contributed by atoms with Crippen LogP contribution in [-0.4, -0.2) is 23.6 Å². The average molecular weight is 261 g/mol. The van der Waals surface area contributed by atoms with Gasteiger partial charge >= 0.3 is 0 Å². The van der Waals surface area contributed by atoms with E-state index in [-0.39, 0.29) is 5.82 Å². The highest BCUT2D eigenvalue weighted by Crippen LogP contribution is 2.16. The van der Waals surface area contributed by atoms with Gasteiger partial charge in [0.25, 0.3) is 0 Å². The Morgan fingerprint density at radius 3 is 2.95 bits per heavy atom. The molecule has 0 aliphatic carbocycles. The van der Waals surface area contributed by atoms with Crippen LogP contribution in [0.25, 0.3) is 0 Å².